The number of carbonyl (C=O) groups excluding carboxylic acids is 1. The van der Waals surface area contributed by atoms with Gasteiger partial charge in [0.05, 0.1) is 19.3 Å². The van der Waals surface area contributed by atoms with Gasteiger partial charge in [-0.05, 0) is 0 Å². The summed E-state index contributed by atoms with van der Waals surface area (Å²) in [6.45, 7) is 1.34. The number of ether oxygens (including phenoxy) is 1. The zero-order valence-electron chi connectivity index (χ0n) is 11.5. The third kappa shape index (κ3) is 2.70. The molecule has 1 N–H and O–H groups in total. The lowest BCUT2D eigenvalue weighted by Gasteiger charge is -2.32. The maximum atomic E-state index is 12.3. The average molecular weight is 289 g/mol. The molecule has 0 spiro atoms. The number of hydrogen-bond donors (Lipinski definition) is 1. The smallest absolute Gasteiger partial charge is 0.291 e. The summed E-state index contributed by atoms with van der Waals surface area (Å²) < 4.78 is 10.8. The number of anilines is 1. The minimum absolute atomic E-state index is 0.198. The highest BCUT2D eigenvalue weighted by Gasteiger charge is 2.29. The molecule has 8 nitrogen and oxygen atoms in total. The topological polar surface area (TPSA) is 93.4 Å². The van der Waals surface area contributed by atoms with Crippen LogP contribution in [0.15, 0.2) is 29.4 Å². The van der Waals surface area contributed by atoms with E-state index < -0.39 is 0 Å². The van der Waals surface area contributed by atoms with Crippen molar-refractivity contribution in [1.29, 1.82) is 0 Å². The minimum Gasteiger partial charge on any atom is -0.438 e. The molecule has 3 heterocycles. The Morgan fingerprint density at radius 2 is 2.29 bits per heavy atom. The third-order valence-corrected chi connectivity index (χ3v) is 3.27. The SMILES string of the molecule is CNc1nccnc1[C@@H]1CN(C(=O)c2cnco2)CCO1. The number of amides is 1. The summed E-state index contributed by atoms with van der Waals surface area (Å²) in [4.78, 5) is 26.2. The minimum atomic E-state index is -0.318. The fraction of sp³-hybridized carbons (Fsp3) is 0.385. The van der Waals surface area contributed by atoms with E-state index in [1.54, 1.807) is 24.3 Å². The van der Waals surface area contributed by atoms with Gasteiger partial charge in [-0.2, -0.15) is 0 Å². The first-order valence-electron chi connectivity index (χ1n) is 6.57. The van der Waals surface area contributed by atoms with Crippen LogP contribution in [0.5, 0.6) is 0 Å². The van der Waals surface area contributed by atoms with E-state index >= 15 is 0 Å². The van der Waals surface area contributed by atoms with Crippen molar-refractivity contribution >= 4 is 11.7 Å². The van der Waals surface area contributed by atoms with Crippen LogP contribution in [0.2, 0.25) is 0 Å². The second kappa shape index (κ2) is 5.88. The zero-order chi connectivity index (χ0) is 14.7. The van der Waals surface area contributed by atoms with Gasteiger partial charge in [-0.3, -0.25) is 9.78 Å². The van der Waals surface area contributed by atoms with Crippen LogP contribution < -0.4 is 5.32 Å². The Morgan fingerprint density at radius 1 is 1.43 bits per heavy atom. The Hall–Kier alpha value is -2.48. The molecule has 0 bridgehead atoms. The van der Waals surface area contributed by atoms with Gasteiger partial charge < -0.3 is 19.4 Å². The second-order valence-electron chi connectivity index (χ2n) is 4.52. The summed E-state index contributed by atoms with van der Waals surface area (Å²) in [6.07, 6.45) is 5.55. The van der Waals surface area contributed by atoms with Crippen molar-refractivity contribution in [3.63, 3.8) is 0 Å². The van der Waals surface area contributed by atoms with Gasteiger partial charge in [0.25, 0.3) is 5.91 Å². The summed E-state index contributed by atoms with van der Waals surface area (Å²) in [5.74, 6) is 0.677. The lowest BCUT2D eigenvalue weighted by Crippen LogP contribution is -2.42. The third-order valence-electron chi connectivity index (χ3n) is 3.27. The number of rotatable bonds is 3. The molecule has 1 atom stereocenters. The fourth-order valence-corrected chi connectivity index (χ4v) is 2.25. The van der Waals surface area contributed by atoms with E-state index in [4.69, 9.17) is 9.15 Å². The first-order chi connectivity index (χ1) is 10.3. The lowest BCUT2D eigenvalue weighted by molar-refractivity contribution is -0.0254. The number of aromatic nitrogens is 3. The van der Waals surface area contributed by atoms with Crippen molar-refractivity contribution < 1.29 is 13.9 Å². The number of nitrogens with zero attached hydrogens (tertiary/aromatic N) is 4. The van der Waals surface area contributed by atoms with Gasteiger partial charge >= 0.3 is 0 Å². The van der Waals surface area contributed by atoms with E-state index in [0.717, 1.165) is 0 Å². The molecular weight excluding hydrogens is 274 g/mol. The Labute approximate surface area is 121 Å². The van der Waals surface area contributed by atoms with Crippen molar-refractivity contribution in [2.75, 3.05) is 32.1 Å². The first kappa shape index (κ1) is 13.5. The molecule has 3 rings (SSSR count). The van der Waals surface area contributed by atoms with Crippen molar-refractivity contribution in [2.24, 2.45) is 0 Å². The summed E-state index contributed by atoms with van der Waals surface area (Å²) >= 11 is 0. The molecule has 0 saturated carbocycles. The van der Waals surface area contributed by atoms with Crippen LogP contribution in [-0.2, 0) is 4.74 Å². The number of oxazole rings is 1. The molecule has 1 aliphatic rings. The van der Waals surface area contributed by atoms with Crippen LogP contribution in [0.1, 0.15) is 22.4 Å². The van der Waals surface area contributed by atoms with Crippen molar-refractivity contribution in [3.05, 3.63) is 36.4 Å². The number of nitrogens with one attached hydrogen (secondary N) is 1. The molecule has 1 saturated heterocycles. The highest BCUT2D eigenvalue weighted by atomic mass is 16.5. The van der Waals surface area contributed by atoms with Gasteiger partial charge in [0.2, 0.25) is 5.76 Å². The molecule has 110 valence electrons. The first-order valence-corrected chi connectivity index (χ1v) is 6.57. The predicted molar refractivity (Wildman–Crippen MR) is 72.7 cm³/mol. The standard InChI is InChI=1S/C13H15N5O3/c1-14-12-11(16-2-3-17-12)10-7-18(4-5-20-10)13(19)9-6-15-8-21-9/h2-3,6,8,10H,4-5,7H2,1H3,(H,14,17)/t10-/m0/s1. The van der Waals surface area contributed by atoms with E-state index in [1.807, 2.05) is 0 Å². The Morgan fingerprint density at radius 3 is 3.05 bits per heavy atom. The molecule has 0 aromatic carbocycles. The van der Waals surface area contributed by atoms with Gasteiger partial charge in [-0.1, -0.05) is 0 Å². The Bertz CT molecular complexity index is 616. The molecule has 0 aliphatic carbocycles. The molecule has 2 aromatic heterocycles. The average Bonchev–Trinajstić information content (AvgIpc) is 3.08. The molecule has 21 heavy (non-hydrogen) atoms. The number of morpholine rings is 1. The summed E-state index contributed by atoms with van der Waals surface area (Å²) in [6, 6.07) is 0. The summed E-state index contributed by atoms with van der Waals surface area (Å²) in [5, 5.41) is 2.98. The van der Waals surface area contributed by atoms with E-state index in [-0.39, 0.29) is 17.8 Å². The van der Waals surface area contributed by atoms with Gasteiger partial charge in [0.1, 0.15) is 17.6 Å². The lowest BCUT2D eigenvalue weighted by atomic mass is 10.2. The fourth-order valence-electron chi connectivity index (χ4n) is 2.25. The molecule has 0 unspecified atom stereocenters. The van der Waals surface area contributed by atoms with E-state index in [0.29, 0.717) is 31.2 Å². The molecule has 1 aliphatic heterocycles. The van der Waals surface area contributed by atoms with E-state index in [1.165, 1.54) is 12.6 Å². The maximum absolute atomic E-state index is 12.3. The molecular formula is C13H15N5O3. The highest BCUT2D eigenvalue weighted by molar-refractivity contribution is 5.91. The quantitative estimate of drug-likeness (QED) is 0.889. The van der Waals surface area contributed by atoms with Gasteiger partial charge in [0, 0.05) is 26.0 Å². The number of hydrogen-bond acceptors (Lipinski definition) is 7. The van der Waals surface area contributed by atoms with Crippen LogP contribution in [0.25, 0.3) is 0 Å². The molecule has 1 fully saturated rings. The van der Waals surface area contributed by atoms with Crippen LogP contribution >= 0.6 is 0 Å². The largest absolute Gasteiger partial charge is 0.438 e. The summed E-state index contributed by atoms with van der Waals surface area (Å²) in [7, 11) is 1.77. The Balaban J connectivity index is 1.78. The second-order valence-corrected chi connectivity index (χ2v) is 4.52. The molecule has 1 amide bonds. The highest BCUT2D eigenvalue weighted by Crippen LogP contribution is 2.25. The number of carbonyl (C=O) groups is 1. The Kier molecular flexibility index (Phi) is 3.78. The van der Waals surface area contributed by atoms with Crippen LogP contribution in [0, 0.1) is 0 Å². The molecule has 0 radical (unpaired) electrons. The van der Waals surface area contributed by atoms with Crippen LogP contribution in [0.4, 0.5) is 5.82 Å². The normalized spacial score (nSPS) is 18.5. The van der Waals surface area contributed by atoms with Crippen LogP contribution in [-0.4, -0.2) is 52.5 Å². The van der Waals surface area contributed by atoms with Crippen LogP contribution in [0.3, 0.4) is 0 Å². The molecule has 8 heteroatoms. The van der Waals surface area contributed by atoms with Gasteiger partial charge in [-0.15, -0.1) is 0 Å². The van der Waals surface area contributed by atoms with Crippen molar-refractivity contribution in [1.82, 2.24) is 19.9 Å². The van der Waals surface area contributed by atoms with Crippen molar-refractivity contribution in [2.45, 2.75) is 6.10 Å². The van der Waals surface area contributed by atoms with Gasteiger partial charge in [-0.25, -0.2) is 9.97 Å². The monoisotopic (exact) mass is 289 g/mol. The van der Waals surface area contributed by atoms with E-state index in [2.05, 4.69) is 20.3 Å². The zero-order valence-corrected chi connectivity index (χ0v) is 11.5. The summed E-state index contributed by atoms with van der Waals surface area (Å²) in [5.41, 5.74) is 0.690. The van der Waals surface area contributed by atoms with Gasteiger partial charge in [0.15, 0.2) is 6.39 Å². The predicted octanol–water partition coefficient (Wildman–Crippen LogP) is 0.720. The van der Waals surface area contributed by atoms with Crippen molar-refractivity contribution in [3.8, 4) is 0 Å². The molecule has 2 aromatic rings. The maximum Gasteiger partial charge on any atom is 0.291 e. The van der Waals surface area contributed by atoms with E-state index in [9.17, 15) is 4.79 Å².